The SMILES string of the molecule is CCN(C(=O)CCCc1nc(-c2ccc(F)cc2)no1)c1ccc(F)cc1. The first-order chi connectivity index (χ1) is 13.1. The molecular formula is C20H19F2N3O2. The minimum Gasteiger partial charge on any atom is -0.339 e. The molecule has 1 amide bonds. The number of halogens is 2. The Kier molecular flexibility index (Phi) is 5.90. The number of rotatable bonds is 7. The molecule has 2 aromatic carbocycles. The maximum atomic E-state index is 13.0. The van der Waals surface area contributed by atoms with Crippen LogP contribution in [-0.2, 0) is 11.2 Å². The average molecular weight is 371 g/mol. The fourth-order valence-electron chi connectivity index (χ4n) is 2.72. The Bertz CT molecular complexity index is 892. The van der Waals surface area contributed by atoms with Crippen LogP contribution < -0.4 is 4.90 Å². The van der Waals surface area contributed by atoms with Crippen LogP contribution >= 0.6 is 0 Å². The van der Waals surface area contributed by atoms with Crippen molar-refractivity contribution in [2.75, 3.05) is 11.4 Å². The largest absolute Gasteiger partial charge is 0.339 e. The number of anilines is 1. The molecule has 0 radical (unpaired) electrons. The van der Waals surface area contributed by atoms with Crippen LogP contribution in [0.5, 0.6) is 0 Å². The minimum absolute atomic E-state index is 0.0534. The van der Waals surface area contributed by atoms with E-state index in [-0.39, 0.29) is 17.5 Å². The van der Waals surface area contributed by atoms with Crippen LogP contribution in [0.4, 0.5) is 14.5 Å². The molecule has 0 N–H and O–H groups in total. The molecule has 0 fully saturated rings. The highest BCUT2D eigenvalue weighted by atomic mass is 19.1. The first kappa shape index (κ1) is 18.7. The summed E-state index contributed by atoms with van der Waals surface area (Å²) in [4.78, 5) is 18.3. The van der Waals surface area contributed by atoms with Crippen molar-refractivity contribution >= 4 is 11.6 Å². The van der Waals surface area contributed by atoms with Gasteiger partial charge in [-0.05, 0) is 61.9 Å². The molecule has 0 spiro atoms. The molecule has 0 aliphatic heterocycles. The highest BCUT2D eigenvalue weighted by molar-refractivity contribution is 5.93. The Hall–Kier alpha value is -3.09. The number of amides is 1. The van der Waals surface area contributed by atoms with Crippen LogP contribution in [0.2, 0.25) is 0 Å². The average Bonchev–Trinajstić information content (AvgIpc) is 3.13. The zero-order valence-corrected chi connectivity index (χ0v) is 14.9. The maximum Gasteiger partial charge on any atom is 0.226 e. The zero-order chi connectivity index (χ0) is 19.2. The highest BCUT2D eigenvalue weighted by Gasteiger charge is 2.15. The summed E-state index contributed by atoms with van der Waals surface area (Å²) in [6, 6.07) is 11.7. The Labute approximate surface area is 155 Å². The second-order valence-corrected chi connectivity index (χ2v) is 5.99. The van der Waals surface area contributed by atoms with E-state index in [2.05, 4.69) is 10.1 Å². The van der Waals surface area contributed by atoms with Gasteiger partial charge in [0.2, 0.25) is 17.6 Å². The van der Waals surface area contributed by atoms with E-state index in [1.54, 1.807) is 29.2 Å². The standard InChI is InChI=1S/C20H19F2N3O2/c1-2-25(17-12-10-16(22)11-13-17)19(26)5-3-4-18-23-20(24-27-18)14-6-8-15(21)9-7-14/h6-13H,2-5H2,1H3. The summed E-state index contributed by atoms with van der Waals surface area (Å²) in [5.74, 6) is 0.0883. The molecule has 0 saturated heterocycles. The van der Waals surface area contributed by atoms with Crippen molar-refractivity contribution in [3.05, 3.63) is 66.1 Å². The number of benzene rings is 2. The normalized spacial score (nSPS) is 10.8. The van der Waals surface area contributed by atoms with Gasteiger partial charge < -0.3 is 9.42 Å². The van der Waals surface area contributed by atoms with E-state index in [9.17, 15) is 13.6 Å². The van der Waals surface area contributed by atoms with Crippen LogP contribution in [0.3, 0.4) is 0 Å². The first-order valence-corrected chi connectivity index (χ1v) is 8.71. The second-order valence-electron chi connectivity index (χ2n) is 5.99. The summed E-state index contributed by atoms with van der Waals surface area (Å²) in [6.45, 7) is 2.37. The number of carbonyl (C=O) groups is 1. The zero-order valence-electron chi connectivity index (χ0n) is 14.9. The van der Waals surface area contributed by atoms with E-state index in [0.29, 0.717) is 48.8 Å². The molecule has 1 aromatic heterocycles. The van der Waals surface area contributed by atoms with Gasteiger partial charge in [-0.25, -0.2) is 8.78 Å². The van der Waals surface area contributed by atoms with Crippen LogP contribution in [0.15, 0.2) is 53.1 Å². The van der Waals surface area contributed by atoms with E-state index < -0.39 is 0 Å². The van der Waals surface area contributed by atoms with Crippen LogP contribution in [0.25, 0.3) is 11.4 Å². The van der Waals surface area contributed by atoms with Crippen molar-refractivity contribution < 1.29 is 18.1 Å². The fourth-order valence-corrected chi connectivity index (χ4v) is 2.72. The quantitative estimate of drug-likeness (QED) is 0.618. The summed E-state index contributed by atoms with van der Waals surface area (Å²) < 4.78 is 31.2. The molecule has 140 valence electrons. The molecule has 0 aliphatic carbocycles. The molecule has 0 atom stereocenters. The molecule has 0 bridgehead atoms. The molecule has 0 aliphatic rings. The molecule has 5 nitrogen and oxygen atoms in total. The first-order valence-electron chi connectivity index (χ1n) is 8.71. The van der Waals surface area contributed by atoms with E-state index in [0.717, 1.165) is 0 Å². The van der Waals surface area contributed by atoms with E-state index >= 15 is 0 Å². The lowest BCUT2D eigenvalue weighted by Gasteiger charge is -2.20. The van der Waals surface area contributed by atoms with E-state index in [1.807, 2.05) is 6.92 Å². The van der Waals surface area contributed by atoms with Crippen molar-refractivity contribution in [2.45, 2.75) is 26.2 Å². The molecule has 3 rings (SSSR count). The summed E-state index contributed by atoms with van der Waals surface area (Å²) in [7, 11) is 0. The third-order valence-corrected chi connectivity index (χ3v) is 4.11. The van der Waals surface area contributed by atoms with Gasteiger partial charge in [-0.15, -0.1) is 0 Å². The number of aryl methyl sites for hydroxylation is 1. The Morgan fingerprint density at radius 1 is 1.04 bits per heavy atom. The number of hydrogen-bond acceptors (Lipinski definition) is 4. The number of aromatic nitrogens is 2. The van der Waals surface area contributed by atoms with Crippen LogP contribution in [0, 0.1) is 11.6 Å². The molecule has 1 heterocycles. The third kappa shape index (κ3) is 4.75. The lowest BCUT2D eigenvalue weighted by molar-refractivity contribution is -0.118. The van der Waals surface area contributed by atoms with Crippen molar-refractivity contribution in [3.63, 3.8) is 0 Å². The van der Waals surface area contributed by atoms with Crippen molar-refractivity contribution in [2.24, 2.45) is 0 Å². The summed E-state index contributed by atoms with van der Waals surface area (Å²) in [5, 5.41) is 3.88. The topological polar surface area (TPSA) is 59.2 Å². The van der Waals surface area contributed by atoms with Crippen LogP contribution in [0.1, 0.15) is 25.7 Å². The van der Waals surface area contributed by atoms with Gasteiger partial charge in [0.25, 0.3) is 0 Å². The Balaban J connectivity index is 1.55. The maximum absolute atomic E-state index is 13.0. The van der Waals surface area contributed by atoms with Crippen molar-refractivity contribution in [1.29, 1.82) is 0 Å². The molecule has 27 heavy (non-hydrogen) atoms. The molecular weight excluding hydrogens is 352 g/mol. The summed E-state index contributed by atoms with van der Waals surface area (Å²) in [5.41, 5.74) is 1.33. The Morgan fingerprint density at radius 3 is 2.30 bits per heavy atom. The molecule has 7 heteroatoms. The van der Waals surface area contributed by atoms with Gasteiger partial charge in [0, 0.05) is 30.6 Å². The van der Waals surface area contributed by atoms with Crippen molar-refractivity contribution in [1.82, 2.24) is 10.1 Å². The minimum atomic E-state index is -0.337. The fraction of sp³-hybridized carbons (Fsp3) is 0.250. The number of nitrogens with zero attached hydrogens (tertiary/aromatic N) is 3. The molecule has 0 unspecified atom stereocenters. The predicted molar refractivity (Wildman–Crippen MR) is 97.1 cm³/mol. The summed E-state index contributed by atoms with van der Waals surface area (Å²) in [6.07, 6.45) is 1.31. The van der Waals surface area contributed by atoms with Gasteiger partial charge in [-0.1, -0.05) is 5.16 Å². The lowest BCUT2D eigenvalue weighted by Crippen LogP contribution is -2.30. The Morgan fingerprint density at radius 2 is 1.67 bits per heavy atom. The van der Waals surface area contributed by atoms with E-state index in [4.69, 9.17) is 4.52 Å². The van der Waals surface area contributed by atoms with Gasteiger partial charge in [0.1, 0.15) is 11.6 Å². The molecule has 3 aromatic rings. The number of carbonyl (C=O) groups excluding carboxylic acids is 1. The van der Waals surface area contributed by atoms with Gasteiger partial charge in [0.05, 0.1) is 0 Å². The lowest BCUT2D eigenvalue weighted by atomic mass is 10.2. The molecule has 0 saturated carbocycles. The summed E-state index contributed by atoms with van der Waals surface area (Å²) >= 11 is 0. The van der Waals surface area contributed by atoms with Gasteiger partial charge in [0.15, 0.2) is 0 Å². The van der Waals surface area contributed by atoms with Gasteiger partial charge >= 0.3 is 0 Å². The van der Waals surface area contributed by atoms with Gasteiger partial charge in [-0.3, -0.25) is 4.79 Å². The van der Waals surface area contributed by atoms with Crippen LogP contribution in [-0.4, -0.2) is 22.6 Å². The smallest absolute Gasteiger partial charge is 0.226 e. The van der Waals surface area contributed by atoms with E-state index in [1.165, 1.54) is 24.3 Å². The monoisotopic (exact) mass is 371 g/mol. The van der Waals surface area contributed by atoms with Crippen molar-refractivity contribution in [3.8, 4) is 11.4 Å². The predicted octanol–water partition coefficient (Wildman–Crippen LogP) is 4.39. The second kappa shape index (κ2) is 8.53. The van der Waals surface area contributed by atoms with Gasteiger partial charge in [-0.2, -0.15) is 4.98 Å². The third-order valence-electron chi connectivity index (χ3n) is 4.11. The number of hydrogen-bond donors (Lipinski definition) is 0. The highest BCUT2D eigenvalue weighted by Crippen LogP contribution is 2.18.